The second-order valence-electron chi connectivity index (χ2n) is 6.16. The maximum atomic E-state index is 12.5. The van der Waals surface area contributed by atoms with Crippen LogP contribution in [0.2, 0.25) is 0 Å². The van der Waals surface area contributed by atoms with Crippen molar-refractivity contribution in [3.63, 3.8) is 0 Å². The second-order valence-corrected chi connectivity index (χ2v) is 6.68. The van der Waals surface area contributed by atoms with E-state index in [1.165, 1.54) is 41.3 Å². The van der Waals surface area contributed by atoms with Crippen molar-refractivity contribution in [2.75, 3.05) is 0 Å². The third kappa shape index (κ3) is 4.23. The molecule has 0 aliphatic heterocycles. The molecule has 0 amide bonds. The summed E-state index contributed by atoms with van der Waals surface area (Å²) in [6.07, 6.45) is -1.91. The Hall–Kier alpha value is -3.53. The van der Waals surface area contributed by atoms with E-state index in [0.29, 0.717) is 17.1 Å². The summed E-state index contributed by atoms with van der Waals surface area (Å²) in [6, 6.07) is 15.4. The Morgan fingerprint density at radius 3 is 2.47 bits per heavy atom. The first-order valence-electron chi connectivity index (χ1n) is 8.60. The van der Waals surface area contributed by atoms with Gasteiger partial charge in [-0.25, -0.2) is 9.36 Å². The van der Waals surface area contributed by atoms with Crippen LogP contribution in [-0.4, -0.2) is 25.9 Å². The zero-order valence-electron chi connectivity index (χ0n) is 15.1. The molecule has 0 N–H and O–H groups in total. The topological polar surface area (TPSA) is 61.9 Å². The number of thiol groups is 1. The van der Waals surface area contributed by atoms with Gasteiger partial charge in [0.25, 0.3) is 0 Å². The number of nitrogens with zero attached hydrogens (tertiary/aromatic N) is 4. The van der Waals surface area contributed by atoms with Crippen LogP contribution in [0.15, 0.2) is 82.7 Å². The molecule has 0 saturated carbocycles. The highest BCUT2D eigenvalue weighted by atomic mass is 32.1. The van der Waals surface area contributed by atoms with E-state index in [1.54, 1.807) is 41.1 Å². The van der Waals surface area contributed by atoms with Crippen molar-refractivity contribution in [3.05, 3.63) is 83.3 Å². The van der Waals surface area contributed by atoms with Gasteiger partial charge in [0.1, 0.15) is 5.75 Å². The highest BCUT2D eigenvalue weighted by molar-refractivity contribution is 7.80. The van der Waals surface area contributed by atoms with Gasteiger partial charge in [-0.05, 0) is 42.5 Å². The maximum absolute atomic E-state index is 12.5. The van der Waals surface area contributed by atoms with Crippen molar-refractivity contribution in [1.82, 2.24) is 19.6 Å². The minimum absolute atomic E-state index is 0.0899. The summed E-state index contributed by atoms with van der Waals surface area (Å²) < 4.78 is 44.3. The number of benzene rings is 2. The molecule has 4 aromatic rings. The van der Waals surface area contributed by atoms with Gasteiger partial charge in [0, 0.05) is 23.2 Å². The third-order valence-electron chi connectivity index (χ3n) is 4.10. The van der Waals surface area contributed by atoms with Gasteiger partial charge in [0.15, 0.2) is 5.69 Å². The van der Waals surface area contributed by atoms with E-state index < -0.39 is 6.36 Å². The summed E-state index contributed by atoms with van der Waals surface area (Å²) in [5.41, 5.74) is 1.16. The van der Waals surface area contributed by atoms with Crippen molar-refractivity contribution >= 4 is 12.6 Å². The second kappa shape index (κ2) is 7.71. The summed E-state index contributed by atoms with van der Waals surface area (Å²) in [5, 5.41) is 8.57. The molecule has 2 heterocycles. The molecule has 0 spiro atoms. The number of alkyl halides is 3. The number of halogens is 3. The van der Waals surface area contributed by atoms with Gasteiger partial charge >= 0.3 is 6.36 Å². The maximum Gasteiger partial charge on any atom is 0.573 e. The molecular weight excluding hydrogens is 417 g/mol. The summed E-state index contributed by atoms with van der Waals surface area (Å²) in [6.45, 7) is 0. The predicted octanol–water partition coefficient (Wildman–Crippen LogP) is 4.27. The molecular formula is C20H13F3N4O2S. The Morgan fingerprint density at radius 2 is 1.73 bits per heavy atom. The van der Waals surface area contributed by atoms with Crippen molar-refractivity contribution in [3.8, 4) is 28.5 Å². The first kappa shape index (κ1) is 19.8. The molecule has 0 bridgehead atoms. The van der Waals surface area contributed by atoms with Crippen LogP contribution in [0.25, 0.3) is 22.8 Å². The third-order valence-corrected chi connectivity index (χ3v) is 4.40. The van der Waals surface area contributed by atoms with Crippen LogP contribution < -0.4 is 10.2 Å². The summed E-state index contributed by atoms with van der Waals surface area (Å²) >= 11 is 4.25. The molecule has 6 nitrogen and oxygen atoms in total. The van der Waals surface area contributed by atoms with Crippen LogP contribution in [-0.2, 0) is 0 Å². The SMILES string of the molecule is O=c1ccn(-c2cccc(OC(F)(F)F)c2)nc1-c1ccnn1-c1ccc(S)cc1. The Balaban J connectivity index is 1.76. The molecule has 4 rings (SSSR count). The lowest BCUT2D eigenvalue weighted by Crippen LogP contribution is -2.17. The molecule has 0 saturated heterocycles. The van der Waals surface area contributed by atoms with Crippen molar-refractivity contribution in [2.24, 2.45) is 0 Å². The minimum Gasteiger partial charge on any atom is -0.406 e. The quantitative estimate of drug-likeness (QED) is 0.491. The van der Waals surface area contributed by atoms with Crippen molar-refractivity contribution in [1.29, 1.82) is 0 Å². The smallest absolute Gasteiger partial charge is 0.406 e. The molecule has 152 valence electrons. The minimum atomic E-state index is -4.81. The van der Waals surface area contributed by atoms with E-state index in [1.807, 2.05) is 0 Å². The van der Waals surface area contributed by atoms with Gasteiger partial charge in [0.2, 0.25) is 5.43 Å². The van der Waals surface area contributed by atoms with E-state index in [0.717, 1.165) is 4.90 Å². The van der Waals surface area contributed by atoms with Crippen molar-refractivity contribution in [2.45, 2.75) is 11.3 Å². The van der Waals surface area contributed by atoms with E-state index in [-0.39, 0.29) is 16.9 Å². The zero-order chi connectivity index (χ0) is 21.3. The summed E-state index contributed by atoms with van der Waals surface area (Å²) in [4.78, 5) is 13.3. The number of aromatic nitrogens is 4. The molecule has 0 unspecified atom stereocenters. The van der Waals surface area contributed by atoms with Gasteiger partial charge in [0.05, 0.1) is 23.3 Å². The molecule has 2 aromatic heterocycles. The van der Waals surface area contributed by atoms with Crippen LogP contribution in [0, 0.1) is 0 Å². The normalized spacial score (nSPS) is 11.5. The summed E-state index contributed by atoms with van der Waals surface area (Å²) in [7, 11) is 0. The molecule has 0 aliphatic rings. The number of hydrogen-bond donors (Lipinski definition) is 1. The number of ether oxygens (including phenoxy) is 1. The fourth-order valence-corrected chi connectivity index (χ4v) is 2.98. The van der Waals surface area contributed by atoms with Gasteiger partial charge in [-0.2, -0.15) is 10.2 Å². The lowest BCUT2D eigenvalue weighted by molar-refractivity contribution is -0.274. The standard InChI is InChI=1S/C20H13F3N4O2S/c21-20(22,23)29-15-3-1-2-14(12-15)26-11-9-18(28)19(25-26)17-8-10-24-27(17)13-4-6-16(30)7-5-13/h1-12,30H. The summed E-state index contributed by atoms with van der Waals surface area (Å²) in [5.74, 6) is -0.390. The first-order chi connectivity index (χ1) is 14.3. The van der Waals surface area contributed by atoms with E-state index >= 15 is 0 Å². The molecule has 2 aromatic carbocycles. The monoisotopic (exact) mass is 430 g/mol. The van der Waals surface area contributed by atoms with Gasteiger partial charge < -0.3 is 4.74 Å². The van der Waals surface area contributed by atoms with E-state index in [4.69, 9.17) is 0 Å². The molecule has 0 radical (unpaired) electrons. The number of hydrogen-bond acceptors (Lipinski definition) is 5. The fourth-order valence-electron chi connectivity index (χ4n) is 2.83. The van der Waals surface area contributed by atoms with Gasteiger partial charge in [-0.3, -0.25) is 4.79 Å². The lowest BCUT2D eigenvalue weighted by atomic mass is 10.2. The molecule has 0 fully saturated rings. The largest absolute Gasteiger partial charge is 0.573 e. The lowest BCUT2D eigenvalue weighted by Gasteiger charge is -2.12. The molecule has 0 aliphatic carbocycles. The Labute approximate surface area is 173 Å². The Kier molecular flexibility index (Phi) is 5.08. The Bertz CT molecular complexity index is 1250. The average Bonchev–Trinajstić information content (AvgIpc) is 3.17. The van der Waals surface area contributed by atoms with Gasteiger partial charge in [-0.1, -0.05) is 6.07 Å². The Morgan fingerprint density at radius 1 is 0.967 bits per heavy atom. The van der Waals surface area contributed by atoms with Crippen molar-refractivity contribution < 1.29 is 17.9 Å². The average molecular weight is 430 g/mol. The predicted molar refractivity (Wildman–Crippen MR) is 106 cm³/mol. The highest BCUT2D eigenvalue weighted by Crippen LogP contribution is 2.25. The van der Waals surface area contributed by atoms with Gasteiger partial charge in [-0.15, -0.1) is 25.8 Å². The molecule has 10 heteroatoms. The highest BCUT2D eigenvalue weighted by Gasteiger charge is 2.31. The van der Waals surface area contributed by atoms with E-state index in [9.17, 15) is 18.0 Å². The zero-order valence-corrected chi connectivity index (χ0v) is 16.0. The van der Waals surface area contributed by atoms with Crippen LogP contribution in [0.5, 0.6) is 5.75 Å². The van der Waals surface area contributed by atoms with Crippen LogP contribution in [0.1, 0.15) is 0 Å². The fraction of sp³-hybridized carbons (Fsp3) is 0.0500. The number of rotatable bonds is 4. The molecule has 30 heavy (non-hydrogen) atoms. The molecule has 0 atom stereocenters. The van der Waals surface area contributed by atoms with Crippen LogP contribution in [0.3, 0.4) is 0 Å². The van der Waals surface area contributed by atoms with Crippen LogP contribution >= 0.6 is 12.6 Å². The van der Waals surface area contributed by atoms with E-state index in [2.05, 4.69) is 27.6 Å². The first-order valence-corrected chi connectivity index (χ1v) is 9.05. The van der Waals surface area contributed by atoms with Crippen LogP contribution in [0.4, 0.5) is 13.2 Å².